The lowest BCUT2D eigenvalue weighted by molar-refractivity contribution is -0.120. The molecule has 0 unspecified atom stereocenters. The van der Waals surface area contributed by atoms with Crippen molar-refractivity contribution in [1.29, 1.82) is 0 Å². The zero-order valence-electron chi connectivity index (χ0n) is 16.1. The Hall–Kier alpha value is -2.92. The normalized spacial score (nSPS) is 14.3. The fourth-order valence-corrected chi connectivity index (χ4v) is 3.47. The van der Waals surface area contributed by atoms with Gasteiger partial charge in [0.1, 0.15) is 5.70 Å². The fourth-order valence-electron chi connectivity index (χ4n) is 3.47. The molecule has 0 fully saturated rings. The summed E-state index contributed by atoms with van der Waals surface area (Å²) in [6, 6.07) is 13.2. The minimum atomic E-state index is -0.364. The predicted molar refractivity (Wildman–Crippen MR) is 106 cm³/mol. The van der Waals surface area contributed by atoms with Gasteiger partial charge in [-0.15, -0.1) is 0 Å². The Morgan fingerprint density at radius 3 is 2.30 bits per heavy atom. The van der Waals surface area contributed by atoms with E-state index in [2.05, 4.69) is 0 Å². The molecule has 2 aromatic rings. The van der Waals surface area contributed by atoms with Crippen molar-refractivity contribution in [3.63, 3.8) is 0 Å². The maximum Gasteiger partial charge on any atom is 0.282 e. The number of hydrogen-bond acceptors (Lipinski definition) is 4. The molecular formula is C22H24N2O3. The zero-order valence-corrected chi connectivity index (χ0v) is 16.1. The maximum atomic E-state index is 13.3. The van der Waals surface area contributed by atoms with Crippen LogP contribution in [0, 0.1) is 20.8 Å². The summed E-state index contributed by atoms with van der Waals surface area (Å²) in [4.78, 5) is 29.5. The van der Waals surface area contributed by atoms with Crippen LogP contribution in [0.3, 0.4) is 0 Å². The molecule has 27 heavy (non-hydrogen) atoms. The SMILES string of the molecule is Cc1cccc(N2C(=O)C(c3ccc(C)cc3C)=C(N(C)CCO)C2=O)c1. The van der Waals surface area contributed by atoms with E-state index in [0.29, 0.717) is 17.0 Å². The summed E-state index contributed by atoms with van der Waals surface area (Å²) in [5.41, 5.74) is 5.01. The number of hydrogen-bond donors (Lipinski definition) is 1. The highest BCUT2D eigenvalue weighted by atomic mass is 16.3. The van der Waals surface area contributed by atoms with Crippen molar-refractivity contribution in [2.75, 3.05) is 25.1 Å². The van der Waals surface area contributed by atoms with Crippen LogP contribution in [0.1, 0.15) is 22.3 Å². The molecule has 0 spiro atoms. The van der Waals surface area contributed by atoms with Crippen molar-refractivity contribution in [3.05, 3.63) is 70.4 Å². The first-order chi connectivity index (χ1) is 12.8. The highest BCUT2D eigenvalue weighted by molar-refractivity contribution is 6.45. The number of imide groups is 1. The molecule has 1 N–H and O–H groups in total. The van der Waals surface area contributed by atoms with Crippen LogP contribution in [-0.2, 0) is 9.59 Å². The molecule has 0 radical (unpaired) electrons. The lowest BCUT2D eigenvalue weighted by atomic mass is 9.97. The van der Waals surface area contributed by atoms with Gasteiger partial charge in [0.2, 0.25) is 0 Å². The number of carbonyl (C=O) groups is 2. The molecule has 1 heterocycles. The first kappa shape index (κ1) is 18.9. The van der Waals surface area contributed by atoms with E-state index in [0.717, 1.165) is 22.3 Å². The zero-order chi connectivity index (χ0) is 19.7. The Labute approximate surface area is 159 Å². The molecule has 0 saturated heterocycles. The van der Waals surface area contributed by atoms with E-state index in [4.69, 9.17) is 0 Å². The van der Waals surface area contributed by atoms with Crippen LogP contribution in [0.25, 0.3) is 5.57 Å². The standard InChI is InChI=1S/C22H24N2O3/c1-14-6-5-7-17(13-14)24-21(26)19(18-9-8-15(2)12-16(18)3)20(22(24)27)23(4)10-11-25/h5-9,12-13,25H,10-11H2,1-4H3. The lowest BCUT2D eigenvalue weighted by Gasteiger charge is -2.20. The van der Waals surface area contributed by atoms with Crippen LogP contribution in [0.2, 0.25) is 0 Å². The van der Waals surface area contributed by atoms with Gasteiger partial charge >= 0.3 is 0 Å². The predicted octanol–water partition coefficient (Wildman–Crippen LogP) is 2.82. The molecule has 140 valence electrons. The Balaban J connectivity index is 2.18. The minimum absolute atomic E-state index is 0.105. The number of carbonyl (C=O) groups excluding carboxylic acids is 2. The Morgan fingerprint density at radius 1 is 0.963 bits per heavy atom. The first-order valence-corrected chi connectivity index (χ1v) is 8.94. The van der Waals surface area contributed by atoms with Gasteiger partial charge in [-0.3, -0.25) is 9.59 Å². The Kier molecular flexibility index (Phi) is 5.15. The van der Waals surface area contributed by atoms with E-state index in [-0.39, 0.29) is 25.0 Å². The number of aryl methyl sites for hydroxylation is 3. The third kappa shape index (κ3) is 3.38. The second-order valence-electron chi connectivity index (χ2n) is 6.97. The highest BCUT2D eigenvalue weighted by Crippen LogP contribution is 2.35. The number of amides is 2. The first-order valence-electron chi connectivity index (χ1n) is 8.94. The highest BCUT2D eigenvalue weighted by Gasteiger charge is 2.42. The fraction of sp³-hybridized carbons (Fsp3) is 0.273. The van der Waals surface area contributed by atoms with Gasteiger partial charge in [0.15, 0.2) is 0 Å². The summed E-state index contributed by atoms with van der Waals surface area (Å²) in [7, 11) is 1.72. The molecule has 2 aromatic carbocycles. The smallest absolute Gasteiger partial charge is 0.282 e. The van der Waals surface area contributed by atoms with E-state index < -0.39 is 0 Å². The minimum Gasteiger partial charge on any atom is -0.395 e. The summed E-state index contributed by atoms with van der Waals surface area (Å²) >= 11 is 0. The number of aliphatic hydroxyl groups excluding tert-OH is 1. The topological polar surface area (TPSA) is 60.9 Å². The van der Waals surface area contributed by atoms with Gasteiger partial charge in [-0.2, -0.15) is 0 Å². The van der Waals surface area contributed by atoms with Gasteiger partial charge in [-0.05, 0) is 49.6 Å². The quantitative estimate of drug-likeness (QED) is 0.829. The molecule has 5 heteroatoms. The largest absolute Gasteiger partial charge is 0.395 e. The monoisotopic (exact) mass is 364 g/mol. The molecule has 0 saturated carbocycles. The molecule has 0 bridgehead atoms. The third-order valence-corrected chi connectivity index (χ3v) is 4.79. The number of rotatable bonds is 5. The van der Waals surface area contributed by atoms with Crippen molar-refractivity contribution in [2.45, 2.75) is 20.8 Å². The van der Waals surface area contributed by atoms with Crippen molar-refractivity contribution in [3.8, 4) is 0 Å². The van der Waals surface area contributed by atoms with E-state index >= 15 is 0 Å². The Morgan fingerprint density at radius 2 is 1.67 bits per heavy atom. The van der Waals surface area contributed by atoms with Gasteiger partial charge in [0, 0.05) is 13.6 Å². The van der Waals surface area contributed by atoms with E-state index in [1.54, 1.807) is 18.0 Å². The van der Waals surface area contributed by atoms with Gasteiger partial charge in [0.05, 0.1) is 17.9 Å². The number of benzene rings is 2. The van der Waals surface area contributed by atoms with Gasteiger partial charge in [0.25, 0.3) is 11.8 Å². The van der Waals surface area contributed by atoms with Crippen LogP contribution in [-0.4, -0.2) is 42.0 Å². The molecule has 5 nitrogen and oxygen atoms in total. The molecule has 2 amide bonds. The lowest BCUT2D eigenvalue weighted by Crippen LogP contribution is -2.34. The van der Waals surface area contributed by atoms with Crippen molar-refractivity contribution < 1.29 is 14.7 Å². The van der Waals surface area contributed by atoms with Crippen LogP contribution in [0.4, 0.5) is 5.69 Å². The van der Waals surface area contributed by atoms with Crippen molar-refractivity contribution in [2.24, 2.45) is 0 Å². The average molecular weight is 364 g/mol. The van der Waals surface area contributed by atoms with E-state index in [1.807, 2.05) is 57.2 Å². The second-order valence-corrected chi connectivity index (χ2v) is 6.97. The van der Waals surface area contributed by atoms with Crippen LogP contribution in [0.5, 0.6) is 0 Å². The van der Waals surface area contributed by atoms with Gasteiger partial charge in [-0.25, -0.2) is 4.90 Å². The summed E-state index contributed by atoms with van der Waals surface area (Å²) in [5.74, 6) is -0.700. The number of aliphatic hydroxyl groups is 1. The summed E-state index contributed by atoms with van der Waals surface area (Å²) in [5, 5.41) is 9.34. The third-order valence-electron chi connectivity index (χ3n) is 4.79. The van der Waals surface area contributed by atoms with Gasteiger partial charge < -0.3 is 10.0 Å². The van der Waals surface area contributed by atoms with Crippen LogP contribution in [0.15, 0.2) is 48.2 Å². The maximum absolute atomic E-state index is 13.3. The molecule has 3 rings (SSSR count). The molecule has 1 aliphatic rings. The second kappa shape index (κ2) is 7.37. The van der Waals surface area contributed by atoms with Crippen LogP contribution >= 0.6 is 0 Å². The van der Waals surface area contributed by atoms with E-state index in [1.165, 1.54) is 4.90 Å². The number of likely N-dealkylation sites (N-methyl/N-ethyl adjacent to an activating group) is 1. The average Bonchev–Trinajstić information content (AvgIpc) is 2.86. The van der Waals surface area contributed by atoms with Crippen molar-refractivity contribution in [1.82, 2.24) is 4.90 Å². The summed E-state index contributed by atoms with van der Waals surface area (Å²) < 4.78 is 0. The molecule has 0 atom stereocenters. The molecule has 1 aliphatic heterocycles. The van der Waals surface area contributed by atoms with Crippen LogP contribution < -0.4 is 4.90 Å². The molecule has 0 aromatic heterocycles. The molecular weight excluding hydrogens is 340 g/mol. The van der Waals surface area contributed by atoms with Gasteiger partial charge in [-0.1, -0.05) is 35.9 Å². The van der Waals surface area contributed by atoms with E-state index in [9.17, 15) is 14.7 Å². The summed E-state index contributed by atoms with van der Waals surface area (Å²) in [6.45, 7) is 6.01. The Bertz CT molecular complexity index is 946. The van der Waals surface area contributed by atoms with Crippen molar-refractivity contribution >= 4 is 23.1 Å². The number of anilines is 1. The molecule has 0 aliphatic carbocycles. The summed E-state index contributed by atoms with van der Waals surface area (Å²) in [6.07, 6.45) is 0. The number of nitrogens with zero attached hydrogens (tertiary/aromatic N) is 2.